The molecular formula is C18H21FN4O2. The number of H-pyrrole nitrogens is 1. The topological polar surface area (TPSA) is 78.1 Å². The van der Waals surface area contributed by atoms with Gasteiger partial charge in [0, 0.05) is 37.2 Å². The first-order valence-electron chi connectivity index (χ1n) is 8.36. The Labute approximate surface area is 145 Å². The molecule has 1 aliphatic heterocycles. The van der Waals surface area contributed by atoms with E-state index in [9.17, 15) is 14.0 Å². The highest BCUT2D eigenvalue weighted by Gasteiger charge is 2.25. The van der Waals surface area contributed by atoms with Gasteiger partial charge in [-0.1, -0.05) is 0 Å². The molecule has 132 valence electrons. The number of nitrogens with zero attached hydrogens (tertiary/aromatic N) is 2. The Balaban J connectivity index is 1.57. The molecule has 0 radical (unpaired) electrons. The molecule has 0 spiro atoms. The lowest BCUT2D eigenvalue weighted by Crippen LogP contribution is -2.43. The second kappa shape index (κ2) is 7.46. The Morgan fingerprint density at radius 3 is 2.60 bits per heavy atom. The van der Waals surface area contributed by atoms with Gasteiger partial charge in [0.2, 0.25) is 11.8 Å². The van der Waals surface area contributed by atoms with Gasteiger partial charge in [-0.25, -0.2) is 4.39 Å². The summed E-state index contributed by atoms with van der Waals surface area (Å²) in [6.45, 7) is 2.78. The molecule has 2 heterocycles. The molecule has 0 unspecified atom stereocenters. The van der Waals surface area contributed by atoms with Crippen LogP contribution in [0.4, 0.5) is 4.39 Å². The van der Waals surface area contributed by atoms with E-state index in [2.05, 4.69) is 15.5 Å². The molecule has 1 aliphatic rings. The largest absolute Gasteiger partial charge is 0.347 e. The number of aromatic nitrogens is 2. The lowest BCUT2D eigenvalue weighted by molar-refractivity contribution is -0.133. The van der Waals surface area contributed by atoms with E-state index in [4.69, 9.17) is 0 Å². The molecule has 1 aromatic heterocycles. The van der Waals surface area contributed by atoms with Gasteiger partial charge in [-0.05, 0) is 43.2 Å². The summed E-state index contributed by atoms with van der Waals surface area (Å²) in [5.41, 5.74) is 2.69. The predicted molar refractivity (Wildman–Crippen MR) is 91.2 cm³/mol. The van der Waals surface area contributed by atoms with Gasteiger partial charge in [0.15, 0.2) is 0 Å². The van der Waals surface area contributed by atoms with Crippen molar-refractivity contribution in [1.82, 2.24) is 20.4 Å². The zero-order valence-corrected chi connectivity index (χ0v) is 14.1. The summed E-state index contributed by atoms with van der Waals surface area (Å²) < 4.78 is 13.0. The number of piperidine rings is 1. The van der Waals surface area contributed by atoms with E-state index in [1.165, 1.54) is 19.1 Å². The van der Waals surface area contributed by atoms with E-state index in [0.29, 0.717) is 19.0 Å². The number of nitrogens with one attached hydrogen (secondary N) is 2. The van der Waals surface area contributed by atoms with Crippen molar-refractivity contribution in [2.45, 2.75) is 25.7 Å². The zero-order valence-electron chi connectivity index (χ0n) is 14.1. The van der Waals surface area contributed by atoms with Gasteiger partial charge in [-0.3, -0.25) is 14.7 Å². The van der Waals surface area contributed by atoms with E-state index in [-0.39, 0.29) is 24.2 Å². The van der Waals surface area contributed by atoms with Crippen molar-refractivity contribution in [2.75, 3.05) is 19.6 Å². The van der Waals surface area contributed by atoms with E-state index < -0.39 is 0 Å². The molecule has 1 aromatic carbocycles. The van der Waals surface area contributed by atoms with E-state index in [1.807, 2.05) is 6.07 Å². The number of rotatable bonds is 4. The third-order valence-corrected chi connectivity index (χ3v) is 4.51. The van der Waals surface area contributed by atoms with Crippen LogP contribution in [0.3, 0.4) is 0 Å². The highest BCUT2D eigenvalue weighted by Crippen LogP contribution is 2.29. The van der Waals surface area contributed by atoms with E-state index in [1.54, 1.807) is 17.0 Å². The molecule has 0 bridgehead atoms. The Morgan fingerprint density at radius 1 is 1.28 bits per heavy atom. The van der Waals surface area contributed by atoms with Gasteiger partial charge in [0.1, 0.15) is 5.82 Å². The van der Waals surface area contributed by atoms with Crippen LogP contribution >= 0.6 is 0 Å². The molecule has 3 rings (SSSR count). The fourth-order valence-electron chi connectivity index (χ4n) is 3.07. The fraction of sp³-hybridized carbons (Fsp3) is 0.389. The quantitative estimate of drug-likeness (QED) is 0.891. The molecule has 1 fully saturated rings. The first-order chi connectivity index (χ1) is 12.0. The summed E-state index contributed by atoms with van der Waals surface area (Å²) in [7, 11) is 0. The lowest BCUT2D eigenvalue weighted by atomic mass is 9.93. The normalized spacial score (nSPS) is 15.2. The lowest BCUT2D eigenvalue weighted by Gasteiger charge is -2.31. The molecular weight excluding hydrogens is 323 g/mol. The molecule has 6 nitrogen and oxygen atoms in total. The molecule has 7 heteroatoms. The van der Waals surface area contributed by atoms with Crippen molar-refractivity contribution in [2.24, 2.45) is 0 Å². The summed E-state index contributed by atoms with van der Waals surface area (Å²) in [5.74, 6) is -0.207. The highest BCUT2D eigenvalue weighted by molar-refractivity contribution is 5.83. The maximum absolute atomic E-state index is 13.0. The van der Waals surface area contributed by atoms with Gasteiger partial charge in [0.25, 0.3) is 0 Å². The van der Waals surface area contributed by atoms with Crippen molar-refractivity contribution in [3.05, 3.63) is 41.8 Å². The van der Waals surface area contributed by atoms with E-state index >= 15 is 0 Å². The highest BCUT2D eigenvalue weighted by atomic mass is 19.1. The van der Waals surface area contributed by atoms with Crippen LogP contribution in [-0.2, 0) is 9.59 Å². The van der Waals surface area contributed by atoms with Gasteiger partial charge >= 0.3 is 0 Å². The molecule has 0 aliphatic carbocycles. The third kappa shape index (κ3) is 4.23. The van der Waals surface area contributed by atoms with Gasteiger partial charge in [-0.2, -0.15) is 5.10 Å². The summed E-state index contributed by atoms with van der Waals surface area (Å²) in [6.07, 6.45) is 1.69. The number of benzene rings is 1. The molecule has 2 amide bonds. The molecule has 2 N–H and O–H groups in total. The first-order valence-corrected chi connectivity index (χ1v) is 8.36. The minimum absolute atomic E-state index is 0.0507. The standard InChI is InChI=1S/C18H21FN4O2/c1-12(24)20-11-18(25)23-8-6-14(7-9-23)17-10-16(21-22-17)13-2-4-15(19)5-3-13/h2-5,10,14H,6-9,11H2,1H3,(H,20,24)(H,21,22). The SMILES string of the molecule is CC(=O)NCC(=O)N1CCC(c2cc(-c3ccc(F)cc3)n[nH]2)CC1. The molecule has 25 heavy (non-hydrogen) atoms. The minimum Gasteiger partial charge on any atom is -0.347 e. The average molecular weight is 344 g/mol. The van der Waals surface area contributed by atoms with Crippen LogP contribution in [0.2, 0.25) is 0 Å². The zero-order chi connectivity index (χ0) is 17.8. The second-order valence-corrected chi connectivity index (χ2v) is 6.28. The maximum atomic E-state index is 13.0. The number of halogens is 1. The summed E-state index contributed by atoms with van der Waals surface area (Å²) in [6, 6.07) is 8.25. The number of carbonyl (C=O) groups is 2. The Hall–Kier alpha value is -2.70. The number of hydrogen-bond donors (Lipinski definition) is 2. The average Bonchev–Trinajstić information content (AvgIpc) is 3.10. The van der Waals surface area contributed by atoms with Gasteiger partial charge < -0.3 is 10.2 Å². The van der Waals surface area contributed by atoms with Crippen LogP contribution in [-0.4, -0.2) is 46.5 Å². The number of aromatic amines is 1. The van der Waals surface area contributed by atoms with Crippen LogP contribution in [0.5, 0.6) is 0 Å². The van der Waals surface area contributed by atoms with Crippen LogP contribution in [0.1, 0.15) is 31.4 Å². The molecule has 0 saturated carbocycles. The van der Waals surface area contributed by atoms with Crippen LogP contribution in [0.15, 0.2) is 30.3 Å². The third-order valence-electron chi connectivity index (χ3n) is 4.51. The van der Waals surface area contributed by atoms with E-state index in [0.717, 1.165) is 29.8 Å². The number of amides is 2. The molecule has 1 saturated heterocycles. The maximum Gasteiger partial charge on any atom is 0.241 e. The van der Waals surface area contributed by atoms with Gasteiger partial charge in [-0.15, -0.1) is 0 Å². The summed E-state index contributed by atoms with van der Waals surface area (Å²) in [5, 5.41) is 9.93. The Kier molecular flexibility index (Phi) is 5.11. The second-order valence-electron chi connectivity index (χ2n) is 6.28. The Bertz CT molecular complexity index is 749. The van der Waals surface area contributed by atoms with Crippen LogP contribution < -0.4 is 5.32 Å². The predicted octanol–water partition coefficient (Wildman–Crippen LogP) is 2.06. The van der Waals surface area contributed by atoms with Gasteiger partial charge in [0.05, 0.1) is 12.2 Å². The van der Waals surface area contributed by atoms with Crippen LogP contribution in [0, 0.1) is 5.82 Å². The molecule has 0 atom stereocenters. The number of likely N-dealkylation sites (tertiary alicyclic amines) is 1. The van der Waals surface area contributed by atoms with Crippen molar-refractivity contribution in [3.8, 4) is 11.3 Å². The van der Waals surface area contributed by atoms with Crippen molar-refractivity contribution in [3.63, 3.8) is 0 Å². The molecule has 2 aromatic rings. The van der Waals surface area contributed by atoms with Crippen molar-refractivity contribution >= 4 is 11.8 Å². The number of hydrogen-bond acceptors (Lipinski definition) is 3. The summed E-state index contributed by atoms with van der Waals surface area (Å²) in [4.78, 5) is 24.7. The monoisotopic (exact) mass is 344 g/mol. The fourth-order valence-corrected chi connectivity index (χ4v) is 3.07. The summed E-state index contributed by atoms with van der Waals surface area (Å²) >= 11 is 0. The smallest absolute Gasteiger partial charge is 0.241 e. The first kappa shape index (κ1) is 17.1. The number of carbonyl (C=O) groups excluding carboxylic acids is 2. The Morgan fingerprint density at radius 2 is 1.96 bits per heavy atom. The van der Waals surface area contributed by atoms with Crippen molar-refractivity contribution in [1.29, 1.82) is 0 Å². The van der Waals surface area contributed by atoms with Crippen LogP contribution in [0.25, 0.3) is 11.3 Å². The van der Waals surface area contributed by atoms with Crippen molar-refractivity contribution < 1.29 is 14.0 Å². The minimum atomic E-state index is -0.268.